The molecule has 26 heavy (non-hydrogen) atoms. The third-order valence-electron chi connectivity index (χ3n) is 5.14. The molecular formula is C22H26N2O2. The van der Waals surface area contributed by atoms with E-state index >= 15 is 0 Å². The van der Waals surface area contributed by atoms with Crippen LogP contribution in [-0.4, -0.2) is 23.3 Å². The molecule has 0 saturated carbocycles. The van der Waals surface area contributed by atoms with Crippen LogP contribution in [0.15, 0.2) is 42.5 Å². The van der Waals surface area contributed by atoms with Crippen LogP contribution in [0.2, 0.25) is 0 Å². The summed E-state index contributed by atoms with van der Waals surface area (Å²) >= 11 is 0. The Hall–Kier alpha value is -2.62. The number of rotatable bonds is 5. The van der Waals surface area contributed by atoms with Gasteiger partial charge in [-0.15, -0.1) is 0 Å². The van der Waals surface area contributed by atoms with Crippen LogP contribution in [0.5, 0.6) is 0 Å². The van der Waals surface area contributed by atoms with Crippen molar-refractivity contribution in [2.45, 2.75) is 46.2 Å². The standard InChI is InChI=1S/C22H26N2O2/c1-15-6-9-20(13-16(15)2)17(3)23-22(26)19-10-7-18(8-11-19)14-24-12-4-5-21(24)25/h6-11,13,17H,4-5,12,14H2,1-3H3,(H,23,26)/t17-/m0/s1. The van der Waals surface area contributed by atoms with Crippen molar-refractivity contribution in [2.24, 2.45) is 0 Å². The highest BCUT2D eigenvalue weighted by atomic mass is 16.2. The zero-order valence-corrected chi connectivity index (χ0v) is 15.7. The van der Waals surface area contributed by atoms with Gasteiger partial charge < -0.3 is 10.2 Å². The number of carbonyl (C=O) groups is 2. The van der Waals surface area contributed by atoms with Gasteiger partial charge in [0.25, 0.3) is 5.91 Å². The van der Waals surface area contributed by atoms with Crippen LogP contribution < -0.4 is 5.32 Å². The Labute approximate surface area is 155 Å². The highest BCUT2D eigenvalue weighted by Gasteiger charge is 2.20. The molecule has 1 aliphatic rings. The first kappa shape index (κ1) is 18.2. The summed E-state index contributed by atoms with van der Waals surface area (Å²) in [7, 11) is 0. The monoisotopic (exact) mass is 350 g/mol. The molecule has 4 heteroatoms. The summed E-state index contributed by atoms with van der Waals surface area (Å²) in [6, 6.07) is 13.7. The van der Waals surface area contributed by atoms with E-state index in [9.17, 15) is 9.59 Å². The van der Waals surface area contributed by atoms with E-state index in [1.165, 1.54) is 11.1 Å². The molecule has 1 N–H and O–H groups in total. The van der Waals surface area contributed by atoms with Crippen LogP contribution in [0.4, 0.5) is 0 Å². The van der Waals surface area contributed by atoms with Crippen molar-refractivity contribution in [1.29, 1.82) is 0 Å². The second-order valence-corrected chi connectivity index (χ2v) is 7.15. The summed E-state index contributed by atoms with van der Waals surface area (Å²) in [5.41, 5.74) is 5.27. The maximum absolute atomic E-state index is 12.5. The maximum atomic E-state index is 12.5. The first-order chi connectivity index (χ1) is 12.4. The lowest BCUT2D eigenvalue weighted by atomic mass is 10.0. The van der Waals surface area contributed by atoms with E-state index in [0.29, 0.717) is 18.5 Å². The number of amides is 2. The third-order valence-corrected chi connectivity index (χ3v) is 5.14. The number of hydrogen-bond donors (Lipinski definition) is 1. The lowest BCUT2D eigenvalue weighted by Crippen LogP contribution is -2.27. The van der Waals surface area contributed by atoms with E-state index in [1.54, 1.807) is 0 Å². The molecule has 0 aromatic heterocycles. The molecule has 2 aromatic rings. The fourth-order valence-electron chi connectivity index (χ4n) is 3.25. The average molecular weight is 350 g/mol. The number of carbonyl (C=O) groups excluding carboxylic acids is 2. The molecule has 2 aromatic carbocycles. The van der Waals surface area contributed by atoms with E-state index < -0.39 is 0 Å². The van der Waals surface area contributed by atoms with Gasteiger partial charge in [0.15, 0.2) is 0 Å². The fraction of sp³-hybridized carbons (Fsp3) is 0.364. The SMILES string of the molecule is Cc1ccc([C@H](C)NC(=O)c2ccc(CN3CCCC3=O)cc2)cc1C. The first-order valence-electron chi connectivity index (χ1n) is 9.19. The van der Waals surface area contributed by atoms with Gasteiger partial charge in [-0.25, -0.2) is 0 Å². The Kier molecular flexibility index (Phi) is 5.40. The van der Waals surface area contributed by atoms with Gasteiger partial charge in [-0.05, 0) is 61.6 Å². The molecule has 1 saturated heterocycles. The topological polar surface area (TPSA) is 49.4 Å². The van der Waals surface area contributed by atoms with Crippen molar-refractivity contribution in [3.63, 3.8) is 0 Å². The van der Waals surface area contributed by atoms with Crippen LogP contribution in [0, 0.1) is 13.8 Å². The van der Waals surface area contributed by atoms with Crippen molar-refractivity contribution in [3.05, 3.63) is 70.3 Å². The molecule has 136 valence electrons. The molecule has 0 spiro atoms. The number of likely N-dealkylation sites (tertiary alicyclic amines) is 1. The molecule has 0 bridgehead atoms. The molecule has 1 fully saturated rings. The van der Waals surface area contributed by atoms with Crippen LogP contribution >= 0.6 is 0 Å². The minimum atomic E-state index is -0.0838. The van der Waals surface area contributed by atoms with E-state index in [1.807, 2.05) is 36.1 Å². The number of nitrogens with zero attached hydrogens (tertiary/aromatic N) is 1. The molecular weight excluding hydrogens is 324 g/mol. The minimum absolute atomic E-state index is 0.0521. The highest BCUT2D eigenvalue weighted by molar-refractivity contribution is 5.94. The van der Waals surface area contributed by atoms with Crippen LogP contribution in [0.3, 0.4) is 0 Å². The minimum Gasteiger partial charge on any atom is -0.346 e. The predicted octanol–water partition coefficient (Wildman–Crippen LogP) is 3.92. The predicted molar refractivity (Wildman–Crippen MR) is 103 cm³/mol. The van der Waals surface area contributed by atoms with Gasteiger partial charge in [-0.1, -0.05) is 30.3 Å². The fourth-order valence-corrected chi connectivity index (χ4v) is 3.25. The molecule has 3 rings (SSSR count). The molecule has 4 nitrogen and oxygen atoms in total. The van der Waals surface area contributed by atoms with Gasteiger partial charge in [-0.3, -0.25) is 9.59 Å². The van der Waals surface area contributed by atoms with Gasteiger partial charge >= 0.3 is 0 Å². The maximum Gasteiger partial charge on any atom is 0.251 e. The molecule has 1 heterocycles. The number of nitrogens with one attached hydrogen (secondary N) is 1. The average Bonchev–Trinajstić information content (AvgIpc) is 3.02. The van der Waals surface area contributed by atoms with Crippen LogP contribution in [0.25, 0.3) is 0 Å². The van der Waals surface area contributed by atoms with Crippen molar-refractivity contribution in [3.8, 4) is 0 Å². The summed E-state index contributed by atoms with van der Waals surface area (Å²) in [5.74, 6) is 0.133. The molecule has 0 radical (unpaired) electrons. The summed E-state index contributed by atoms with van der Waals surface area (Å²) in [4.78, 5) is 26.1. The smallest absolute Gasteiger partial charge is 0.251 e. The Morgan fingerprint density at radius 2 is 1.85 bits per heavy atom. The number of aryl methyl sites for hydroxylation is 2. The summed E-state index contributed by atoms with van der Waals surface area (Å²) in [6.45, 7) is 7.61. The van der Waals surface area contributed by atoms with Crippen LogP contribution in [0.1, 0.15) is 58.4 Å². The van der Waals surface area contributed by atoms with Gasteiger partial charge in [0, 0.05) is 25.1 Å². The van der Waals surface area contributed by atoms with Gasteiger partial charge in [0.2, 0.25) is 5.91 Å². The molecule has 1 atom stereocenters. The summed E-state index contributed by atoms with van der Waals surface area (Å²) in [5, 5.41) is 3.06. The molecule has 0 aliphatic carbocycles. The zero-order valence-electron chi connectivity index (χ0n) is 15.7. The molecule has 2 amide bonds. The van der Waals surface area contributed by atoms with Gasteiger partial charge in [-0.2, -0.15) is 0 Å². The number of benzene rings is 2. The second-order valence-electron chi connectivity index (χ2n) is 7.15. The lowest BCUT2D eigenvalue weighted by Gasteiger charge is -2.17. The van der Waals surface area contributed by atoms with Crippen molar-refractivity contribution < 1.29 is 9.59 Å². The highest BCUT2D eigenvalue weighted by Crippen LogP contribution is 2.18. The quantitative estimate of drug-likeness (QED) is 0.888. The lowest BCUT2D eigenvalue weighted by molar-refractivity contribution is -0.128. The number of hydrogen-bond acceptors (Lipinski definition) is 2. The van der Waals surface area contributed by atoms with Crippen molar-refractivity contribution >= 4 is 11.8 Å². The Morgan fingerprint density at radius 1 is 1.12 bits per heavy atom. The Balaban J connectivity index is 1.62. The molecule has 1 aliphatic heterocycles. The zero-order chi connectivity index (χ0) is 18.7. The molecule has 0 unspecified atom stereocenters. The summed E-state index contributed by atoms with van der Waals surface area (Å²) < 4.78 is 0. The summed E-state index contributed by atoms with van der Waals surface area (Å²) in [6.07, 6.45) is 1.59. The largest absolute Gasteiger partial charge is 0.346 e. The van der Waals surface area contributed by atoms with Gasteiger partial charge in [0.05, 0.1) is 6.04 Å². The van der Waals surface area contributed by atoms with E-state index in [0.717, 1.165) is 24.1 Å². The Bertz CT molecular complexity index is 811. The first-order valence-corrected chi connectivity index (χ1v) is 9.19. The van der Waals surface area contributed by atoms with Crippen molar-refractivity contribution in [1.82, 2.24) is 10.2 Å². The van der Waals surface area contributed by atoms with Crippen LogP contribution in [-0.2, 0) is 11.3 Å². The van der Waals surface area contributed by atoms with E-state index in [-0.39, 0.29) is 17.9 Å². The van der Waals surface area contributed by atoms with E-state index in [4.69, 9.17) is 0 Å². The third kappa shape index (κ3) is 4.13. The van der Waals surface area contributed by atoms with E-state index in [2.05, 4.69) is 37.4 Å². The Morgan fingerprint density at radius 3 is 2.46 bits per heavy atom. The second kappa shape index (κ2) is 7.73. The van der Waals surface area contributed by atoms with Gasteiger partial charge in [0.1, 0.15) is 0 Å². The van der Waals surface area contributed by atoms with Crippen molar-refractivity contribution in [2.75, 3.05) is 6.54 Å². The normalized spacial score (nSPS) is 15.2.